The average molecular weight is 244 g/mol. The van der Waals surface area contributed by atoms with Crippen LogP contribution in [0.5, 0.6) is 0 Å². The van der Waals surface area contributed by atoms with Gasteiger partial charge in [-0.05, 0) is 54.6 Å². The predicted molar refractivity (Wildman–Crippen MR) is 71.3 cm³/mol. The molecule has 0 fully saturated rings. The third-order valence-electron chi connectivity index (χ3n) is 4.21. The van der Waals surface area contributed by atoms with Crippen LogP contribution in [0.15, 0.2) is 0 Å². The number of hydrogen-bond acceptors (Lipinski definition) is 3. The minimum atomic E-state index is -0.864. The molecule has 102 valence electrons. The number of hydrogen-bond donors (Lipinski definition) is 2. The zero-order valence-corrected chi connectivity index (χ0v) is 12.3. The molecular weight excluding hydrogens is 216 g/mol. The van der Waals surface area contributed by atoms with E-state index in [0.29, 0.717) is 6.42 Å². The number of carboxylic acids is 1. The molecule has 0 saturated carbocycles. The molecule has 2 atom stereocenters. The second-order valence-electron chi connectivity index (χ2n) is 5.72. The molecule has 4 heteroatoms. The highest BCUT2D eigenvalue weighted by atomic mass is 16.4. The van der Waals surface area contributed by atoms with Gasteiger partial charge in [-0.25, -0.2) is 0 Å². The molecule has 0 aromatic rings. The Morgan fingerprint density at radius 2 is 1.88 bits per heavy atom. The van der Waals surface area contributed by atoms with E-state index in [-0.39, 0.29) is 11.6 Å². The summed E-state index contributed by atoms with van der Waals surface area (Å²) in [5, 5.41) is 12.1. The molecule has 0 aromatic heterocycles. The van der Waals surface area contributed by atoms with Crippen molar-refractivity contribution in [2.45, 2.75) is 64.6 Å². The number of likely N-dealkylation sites (N-methyl/N-ethyl adjacent to an activating group) is 1. The molecule has 17 heavy (non-hydrogen) atoms. The highest BCUT2D eigenvalue weighted by molar-refractivity contribution is 5.78. The number of nitrogens with one attached hydrogen (secondary N) is 1. The van der Waals surface area contributed by atoms with Gasteiger partial charge in [0.05, 0.1) is 0 Å². The van der Waals surface area contributed by atoms with Crippen molar-refractivity contribution in [1.29, 1.82) is 0 Å². The van der Waals surface area contributed by atoms with Crippen LogP contribution in [0.3, 0.4) is 0 Å². The predicted octanol–water partition coefficient (Wildman–Crippen LogP) is 1.95. The lowest BCUT2D eigenvalue weighted by molar-refractivity contribution is -0.145. The van der Waals surface area contributed by atoms with E-state index in [0.717, 1.165) is 6.42 Å². The fourth-order valence-electron chi connectivity index (χ4n) is 1.87. The Kier molecular flexibility index (Phi) is 5.62. The zero-order valence-electron chi connectivity index (χ0n) is 12.3. The topological polar surface area (TPSA) is 52.6 Å². The number of aliphatic carboxylic acids is 1. The van der Waals surface area contributed by atoms with Crippen LogP contribution in [-0.4, -0.2) is 47.2 Å². The summed E-state index contributed by atoms with van der Waals surface area (Å²) in [4.78, 5) is 13.5. The Morgan fingerprint density at radius 1 is 1.41 bits per heavy atom. The number of nitrogens with zero attached hydrogens (tertiary/aromatic N) is 1. The smallest absolute Gasteiger partial charge is 0.323 e. The lowest BCUT2D eigenvalue weighted by Gasteiger charge is -2.41. The summed E-state index contributed by atoms with van der Waals surface area (Å²) >= 11 is 0. The summed E-state index contributed by atoms with van der Waals surface area (Å²) in [6.45, 7) is 10.3. The van der Waals surface area contributed by atoms with Crippen LogP contribution in [-0.2, 0) is 4.79 Å². The Labute approximate surface area is 105 Å². The minimum Gasteiger partial charge on any atom is -0.480 e. The molecule has 0 aliphatic rings. The molecule has 0 spiro atoms. The molecule has 0 saturated heterocycles. The highest BCUT2D eigenvalue weighted by Gasteiger charge is 2.36. The van der Waals surface area contributed by atoms with Crippen LogP contribution in [0.4, 0.5) is 0 Å². The third-order valence-corrected chi connectivity index (χ3v) is 4.21. The van der Waals surface area contributed by atoms with Gasteiger partial charge in [-0.3, -0.25) is 9.69 Å². The summed E-state index contributed by atoms with van der Waals surface area (Å²) < 4.78 is 0. The molecule has 0 aromatic carbocycles. The molecule has 0 bridgehead atoms. The Hall–Kier alpha value is -0.610. The minimum absolute atomic E-state index is 0.0899. The molecular formula is C13H28N2O2. The van der Waals surface area contributed by atoms with Gasteiger partial charge in [0.1, 0.15) is 5.54 Å². The SMILES string of the molecule is CCC(C)(C)N(C)C(C)CC(C)(NC)C(=O)O. The van der Waals surface area contributed by atoms with E-state index in [9.17, 15) is 9.90 Å². The molecule has 4 nitrogen and oxygen atoms in total. The van der Waals surface area contributed by atoms with Gasteiger partial charge in [-0.2, -0.15) is 0 Å². The van der Waals surface area contributed by atoms with E-state index in [1.54, 1.807) is 14.0 Å². The van der Waals surface area contributed by atoms with Crippen molar-refractivity contribution in [1.82, 2.24) is 10.2 Å². The van der Waals surface area contributed by atoms with Gasteiger partial charge in [0.25, 0.3) is 0 Å². The van der Waals surface area contributed by atoms with E-state index in [2.05, 4.69) is 45.0 Å². The summed E-state index contributed by atoms with van der Waals surface area (Å²) in [6.07, 6.45) is 1.62. The van der Waals surface area contributed by atoms with Gasteiger partial charge in [-0.1, -0.05) is 6.92 Å². The van der Waals surface area contributed by atoms with Gasteiger partial charge in [0.2, 0.25) is 0 Å². The Bertz CT molecular complexity index is 266. The van der Waals surface area contributed by atoms with E-state index >= 15 is 0 Å². The first kappa shape index (κ1) is 16.4. The fourth-order valence-corrected chi connectivity index (χ4v) is 1.87. The van der Waals surface area contributed by atoms with Crippen LogP contribution in [0, 0.1) is 0 Å². The summed E-state index contributed by atoms with van der Waals surface area (Å²) in [5.74, 6) is -0.797. The normalized spacial score (nSPS) is 17.9. The molecule has 0 heterocycles. The van der Waals surface area contributed by atoms with E-state index in [1.165, 1.54) is 0 Å². The van der Waals surface area contributed by atoms with Crippen LogP contribution in [0.25, 0.3) is 0 Å². The van der Waals surface area contributed by atoms with E-state index in [1.807, 2.05) is 0 Å². The number of carbonyl (C=O) groups is 1. The van der Waals surface area contributed by atoms with Crippen LogP contribution < -0.4 is 5.32 Å². The van der Waals surface area contributed by atoms with Crippen molar-refractivity contribution in [2.24, 2.45) is 0 Å². The van der Waals surface area contributed by atoms with Crippen molar-refractivity contribution in [3.63, 3.8) is 0 Å². The van der Waals surface area contributed by atoms with Crippen molar-refractivity contribution in [3.05, 3.63) is 0 Å². The van der Waals surface area contributed by atoms with Crippen LogP contribution in [0.1, 0.15) is 47.5 Å². The largest absolute Gasteiger partial charge is 0.480 e. The van der Waals surface area contributed by atoms with Crippen LogP contribution >= 0.6 is 0 Å². The summed E-state index contributed by atoms with van der Waals surface area (Å²) in [5.41, 5.74) is -0.774. The molecule has 0 rings (SSSR count). The van der Waals surface area contributed by atoms with Crippen molar-refractivity contribution in [3.8, 4) is 0 Å². The molecule has 2 unspecified atom stereocenters. The molecule has 0 radical (unpaired) electrons. The first-order valence-corrected chi connectivity index (χ1v) is 6.26. The van der Waals surface area contributed by atoms with Gasteiger partial charge in [0, 0.05) is 11.6 Å². The average Bonchev–Trinajstić information content (AvgIpc) is 2.27. The maximum Gasteiger partial charge on any atom is 0.323 e. The Morgan fingerprint density at radius 3 is 2.18 bits per heavy atom. The van der Waals surface area contributed by atoms with Crippen molar-refractivity contribution < 1.29 is 9.90 Å². The Balaban J connectivity index is 4.74. The van der Waals surface area contributed by atoms with Crippen molar-refractivity contribution in [2.75, 3.05) is 14.1 Å². The highest BCUT2D eigenvalue weighted by Crippen LogP contribution is 2.24. The van der Waals surface area contributed by atoms with E-state index < -0.39 is 11.5 Å². The molecule has 2 N–H and O–H groups in total. The maximum absolute atomic E-state index is 11.2. The zero-order chi connectivity index (χ0) is 13.9. The monoisotopic (exact) mass is 244 g/mol. The molecule has 0 aliphatic heterocycles. The summed E-state index contributed by atoms with van der Waals surface area (Å²) in [6, 6.07) is 0.207. The summed E-state index contributed by atoms with van der Waals surface area (Å²) in [7, 11) is 3.76. The van der Waals surface area contributed by atoms with E-state index in [4.69, 9.17) is 0 Å². The second kappa shape index (κ2) is 5.83. The molecule has 0 aliphatic carbocycles. The maximum atomic E-state index is 11.2. The fraction of sp³-hybridized carbons (Fsp3) is 0.923. The first-order valence-electron chi connectivity index (χ1n) is 6.26. The van der Waals surface area contributed by atoms with Crippen molar-refractivity contribution >= 4 is 5.97 Å². The second-order valence-corrected chi connectivity index (χ2v) is 5.72. The quantitative estimate of drug-likeness (QED) is 0.718. The van der Waals surface area contributed by atoms with Crippen LogP contribution in [0.2, 0.25) is 0 Å². The van der Waals surface area contributed by atoms with Gasteiger partial charge >= 0.3 is 5.97 Å². The van der Waals surface area contributed by atoms with Gasteiger partial charge in [-0.15, -0.1) is 0 Å². The lowest BCUT2D eigenvalue weighted by Crippen LogP contribution is -2.54. The number of carboxylic acid groups (broad SMARTS) is 1. The molecule has 0 amide bonds. The van der Waals surface area contributed by atoms with Gasteiger partial charge in [0.15, 0.2) is 0 Å². The third kappa shape index (κ3) is 3.96. The standard InChI is InChI=1S/C13H28N2O2/c1-8-12(3,4)15(7)10(2)9-13(5,14-6)11(16)17/h10,14H,8-9H2,1-7H3,(H,16,17). The number of rotatable bonds is 7. The first-order chi connectivity index (χ1) is 7.60. The van der Waals surface area contributed by atoms with Gasteiger partial charge < -0.3 is 10.4 Å². The lowest BCUT2D eigenvalue weighted by atomic mass is 9.90.